The van der Waals surface area contributed by atoms with E-state index < -0.39 is 0 Å². The number of nitrogens with two attached hydrogens (primary N) is 1. The maximum absolute atomic E-state index is 11.7. The van der Waals surface area contributed by atoms with Gasteiger partial charge in [0.2, 0.25) is 5.91 Å². The normalized spacial score (nSPS) is 10.6. The lowest BCUT2D eigenvalue weighted by molar-refractivity contribution is -0.116. The van der Waals surface area contributed by atoms with Crippen LogP contribution in [0, 0.1) is 19.8 Å². The van der Waals surface area contributed by atoms with Crippen molar-refractivity contribution in [2.24, 2.45) is 5.92 Å². The Balaban J connectivity index is 2.88. The molecule has 88 valence electrons. The molecule has 1 aromatic rings. The lowest BCUT2D eigenvalue weighted by atomic mass is 10.1. The Morgan fingerprint density at radius 1 is 1.38 bits per heavy atom. The van der Waals surface area contributed by atoms with E-state index in [9.17, 15) is 4.79 Å². The summed E-state index contributed by atoms with van der Waals surface area (Å²) in [7, 11) is 0. The molecule has 0 aliphatic heterocycles. The van der Waals surface area contributed by atoms with Gasteiger partial charge < -0.3 is 11.1 Å². The first-order valence-electron chi connectivity index (χ1n) is 5.57. The molecule has 1 amide bonds. The molecule has 0 aliphatic rings. The highest BCUT2D eigenvalue weighted by molar-refractivity contribution is 5.95. The van der Waals surface area contributed by atoms with Crippen LogP contribution in [0.15, 0.2) is 12.1 Å². The molecule has 0 bridgehead atoms. The van der Waals surface area contributed by atoms with Crippen molar-refractivity contribution in [3.05, 3.63) is 23.3 Å². The molecule has 1 aromatic carbocycles. The average Bonchev–Trinajstić information content (AvgIpc) is 2.17. The van der Waals surface area contributed by atoms with Crippen molar-refractivity contribution in [2.75, 3.05) is 11.1 Å². The van der Waals surface area contributed by atoms with E-state index in [-0.39, 0.29) is 5.91 Å². The van der Waals surface area contributed by atoms with E-state index >= 15 is 0 Å². The molecule has 1 rings (SSSR count). The second-order valence-corrected chi connectivity index (χ2v) is 4.62. The molecular weight excluding hydrogens is 200 g/mol. The van der Waals surface area contributed by atoms with Gasteiger partial charge in [-0.25, -0.2) is 0 Å². The van der Waals surface area contributed by atoms with Crippen LogP contribution >= 0.6 is 0 Å². The Labute approximate surface area is 97.0 Å². The van der Waals surface area contributed by atoms with Gasteiger partial charge in [0.05, 0.1) is 11.4 Å². The van der Waals surface area contributed by atoms with Gasteiger partial charge in [-0.15, -0.1) is 0 Å². The lowest BCUT2D eigenvalue weighted by Crippen LogP contribution is -2.16. The molecular formula is C13H20N2O. The van der Waals surface area contributed by atoms with Gasteiger partial charge in [0, 0.05) is 6.42 Å². The first kappa shape index (κ1) is 12.6. The van der Waals surface area contributed by atoms with Gasteiger partial charge >= 0.3 is 0 Å². The molecule has 0 aliphatic carbocycles. The topological polar surface area (TPSA) is 55.1 Å². The molecule has 3 N–H and O–H groups in total. The number of nitrogen functional groups attached to an aromatic ring is 1. The van der Waals surface area contributed by atoms with Crippen molar-refractivity contribution in [1.29, 1.82) is 0 Å². The summed E-state index contributed by atoms with van der Waals surface area (Å²) in [6, 6.07) is 3.79. The van der Waals surface area contributed by atoms with Crippen LogP contribution in [-0.4, -0.2) is 5.91 Å². The highest BCUT2D eigenvalue weighted by atomic mass is 16.1. The van der Waals surface area contributed by atoms with Crippen molar-refractivity contribution < 1.29 is 4.79 Å². The largest absolute Gasteiger partial charge is 0.397 e. The molecule has 0 spiro atoms. The number of anilines is 2. The first-order valence-corrected chi connectivity index (χ1v) is 5.57. The minimum atomic E-state index is 0.0235. The number of aryl methyl sites for hydroxylation is 1. The van der Waals surface area contributed by atoms with Crippen LogP contribution in [0.3, 0.4) is 0 Å². The number of hydrogen-bond donors (Lipinski definition) is 2. The monoisotopic (exact) mass is 220 g/mol. The Hall–Kier alpha value is -1.51. The fourth-order valence-electron chi connectivity index (χ4n) is 1.56. The zero-order valence-electron chi connectivity index (χ0n) is 10.4. The zero-order chi connectivity index (χ0) is 12.3. The summed E-state index contributed by atoms with van der Waals surface area (Å²) in [6.07, 6.45) is 0.521. The third kappa shape index (κ3) is 2.99. The predicted molar refractivity (Wildman–Crippen MR) is 68.4 cm³/mol. The van der Waals surface area contributed by atoms with Crippen LogP contribution in [0.1, 0.15) is 31.4 Å². The highest BCUT2D eigenvalue weighted by Crippen LogP contribution is 2.26. The Morgan fingerprint density at radius 2 is 2.00 bits per heavy atom. The maximum atomic E-state index is 11.7. The molecule has 3 nitrogen and oxygen atoms in total. The van der Waals surface area contributed by atoms with Crippen molar-refractivity contribution in [3.8, 4) is 0 Å². The van der Waals surface area contributed by atoms with E-state index in [1.54, 1.807) is 0 Å². The molecule has 0 unspecified atom stereocenters. The summed E-state index contributed by atoms with van der Waals surface area (Å²) < 4.78 is 0. The number of carbonyl (C=O) groups is 1. The first-order chi connectivity index (χ1) is 7.41. The molecule has 0 fully saturated rings. The number of hydrogen-bond acceptors (Lipinski definition) is 2. The molecule has 0 saturated carbocycles. The number of benzene rings is 1. The van der Waals surface area contributed by atoms with E-state index in [2.05, 4.69) is 5.32 Å². The lowest BCUT2D eigenvalue weighted by Gasteiger charge is -2.14. The van der Waals surface area contributed by atoms with Crippen molar-refractivity contribution in [2.45, 2.75) is 34.1 Å². The van der Waals surface area contributed by atoms with Gasteiger partial charge in [0.25, 0.3) is 0 Å². The second kappa shape index (κ2) is 5.01. The van der Waals surface area contributed by atoms with E-state index in [0.29, 0.717) is 18.0 Å². The van der Waals surface area contributed by atoms with Crippen molar-refractivity contribution >= 4 is 17.3 Å². The van der Waals surface area contributed by atoms with Crippen LogP contribution in [-0.2, 0) is 4.79 Å². The molecule has 3 heteroatoms. The minimum Gasteiger partial charge on any atom is -0.397 e. The smallest absolute Gasteiger partial charge is 0.224 e. The Kier molecular flexibility index (Phi) is 3.93. The molecule has 0 radical (unpaired) electrons. The fourth-order valence-corrected chi connectivity index (χ4v) is 1.56. The molecule has 0 aromatic heterocycles. The molecule has 16 heavy (non-hydrogen) atoms. The van der Waals surface area contributed by atoms with Crippen molar-refractivity contribution in [3.63, 3.8) is 0 Å². The van der Waals surface area contributed by atoms with Crippen LogP contribution in [0.5, 0.6) is 0 Å². The fraction of sp³-hybridized carbons (Fsp3) is 0.462. The van der Waals surface area contributed by atoms with E-state index in [0.717, 1.165) is 16.8 Å². The third-order valence-corrected chi connectivity index (χ3v) is 2.63. The van der Waals surface area contributed by atoms with Gasteiger partial charge in [-0.05, 0) is 37.0 Å². The summed E-state index contributed by atoms with van der Waals surface area (Å²) in [5.41, 5.74) is 9.41. The number of amides is 1. The van der Waals surface area contributed by atoms with E-state index in [1.807, 2.05) is 39.8 Å². The number of nitrogens with one attached hydrogen (secondary N) is 1. The SMILES string of the molecule is Cc1ccc(N)c(NC(=O)CC(C)C)c1C. The quantitative estimate of drug-likeness (QED) is 0.769. The van der Waals surface area contributed by atoms with Gasteiger partial charge in [-0.2, -0.15) is 0 Å². The Morgan fingerprint density at radius 3 is 2.56 bits per heavy atom. The van der Waals surface area contributed by atoms with E-state index in [1.165, 1.54) is 0 Å². The third-order valence-electron chi connectivity index (χ3n) is 2.63. The van der Waals surface area contributed by atoms with Crippen LogP contribution in [0.2, 0.25) is 0 Å². The second-order valence-electron chi connectivity index (χ2n) is 4.62. The van der Waals surface area contributed by atoms with Crippen molar-refractivity contribution in [1.82, 2.24) is 0 Å². The standard InChI is InChI=1S/C13H20N2O/c1-8(2)7-12(16)15-13-10(4)9(3)5-6-11(13)14/h5-6,8H,7,14H2,1-4H3,(H,15,16). The highest BCUT2D eigenvalue weighted by Gasteiger charge is 2.10. The molecule has 0 atom stereocenters. The van der Waals surface area contributed by atoms with E-state index in [4.69, 9.17) is 5.73 Å². The van der Waals surface area contributed by atoms with Gasteiger partial charge in [0.1, 0.15) is 0 Å². The van der Waals surface area contributed by atoms with Crippen LogP contribution < -0.4 is 11.1 Å². The minimum absolute atomic E-state index is 0.0235. The van der Waals surface area contributed by atoms with Crippen LogP contribution in [0.4, 0.5) is 11.4 Å². The van der Waals surface area contributed by atoms with Gasteiger partial charge in [-0.1, -0.05) is 19.9 Å². The van der Waals surface area contributed by atoms with Gasteiger partial charge in [0.15, 0.2) is 0 Å². The van der Waals surface area contributed by atoms with Crippen LogP contribution in [0.25, 0.3) is 0 Å². The predicted octanol–water partition coefficient (Wildman–Crippen LogP) is 2.87. The summed E-state index contributed by atoms with van der Waals surface area (Å²) in [5, 5.41) is 2.89. The van der Waals surface area contributed by atoms with Gasteiger partial charge in [-0.3, -0.25) is 4.79 Å². The maximum Gasteiger partial charge on any atom is 0.224 e. The summed E-state index contributed by atoms with van der Waals surface area (Å²) in [4.78, 5) is 11.7. The molecule has 0 saturated heterocycles. The zero-order valence-corrected chi connectivity index (χ0v) is 10.4. The molecule has 0 heterocycles. The Bertz CT molecular complexity index is 397. The average molecular weight is 220 g/mol. The summed E-state index contributed by atoms with van der Waals surface area (Å²) >= 11 is 0. The summed E-state index contributed by atoms with van der Waals surface area (Å²) in [5.74, 6) is 0.377. The summed E-state index contributed by atoms with van der Waals surface area (Å²) in [6.45, 7) is 8.02. The number of rotatable bonds is 3. The number of carbonyl (C=O) groups excluding carboxylic acids is 1.